The van der Waals surface area contributed by atoms with Gasteiger partial charge in [-0.05, 0) is 61.7 Å². The molecule has 0 saturated carbocycles. The van der Waals surface area contributed by atoms with Gasteiger partial charge in [0.25, 0.3) is 0 Å². The van der Waals surface area contributed by atoms with Gasteiger partial charge < -0.3 is 10.6 Å². The topological polar surface area (TPSA) is 41.1 Å². The zero-order valence-electron chi connectivity index (χ0n) is 11.8. The van der Waals surface area contributed by atoms with Crippen LogP contribution in [-0.4, -0.2) is 6.03 Å². The minimum absolute atomic E-state index is 0.260. The van der Waals surface area contributed by atoms with E-state index in [1.54, 1.807) is 12.1 Å². The number of urea groups is 1. The van der Waals surface area contributed by atoms with Gasteiger partial charge in [0.1, 0.15) is 0 Å². The standard InChI is InChI=1S/C16H17ClN2O/c1-10-5-4-6-15(12(10)3)19-16(20)18-14-8-7-13(17)9-11(14)2/h4-9H,1-3H3,(H2,18,19,20). The SMILES string of the molecule is Cc1cc(Cl)ccc1NC(=O)Nc1cccc(C)c1C. The lowest BCUT2D eigenvalue weighted by atomic mass is 10.1. The van der Waals surface area contributed by atoms with Gasteiger partial charge in [-0.1, -0.05) is 23.7 Å². The van der Waals surface area contributed by atoms with Crippen molar-refractivity contribution in [1.29, 1.82) is 0 Å². The Morgan fingerprint density at radius 1 is 0.950 bits per heavy atom. The molecule has 20 heavy (non-hydrogen) atoms. The molecule has 2 amide bonds. The maximum Gasteiger partial charge on any atom is 0.323 e. The van der Waals surface area contributed by atoms with Gasteiger partial charge in [-0.2, -0.15) is 0 Å². The highest BCUT2D eigenvalue weighted by molar-refractivity contribution is 6.30. The van der Waals surface area contributed by atoms with E-state index in [1.165, 1.54) is 0 Å². The molecule has 2 rings (SSSR count). The van der Waals surface area contributed by atoms with Gasteiger partial charge in [-0.15, -0.1) is 0 Å². The fourth-order valence-corrected chi connectivity index (χ4v) is 2.16. The predicted molar refractivity (Wildman–Crippen MR) is 84.7 cm³/mol. The highest BCUT2D eigenvalue weighted by Crippen LogP contribution is 2.21. The van der Waals surface area contributed by atoms with E-state index in [-0.39, 0.29) is 6.03 Å². The highest BCUT2D eigenvalue weighted by atomic mass is 35.5. The van der Waals surface area contributed by atoms with E-state index in [2.05, 4.69) is 10.6 Å². The van der Waals surface area contributed by atoms with Crippen molar-refractivity contribution in [3.05, 3.63) is 58.1 Å². The van der Waals surface area contributed by atoms with E-state index in [4.69, 9.17) is 11.6 Å². The largest absolute Gasteiger partial charge is 0.323 e. The minimum atomic E-state index is -0.260. The molecule has 0 radical (unpaired) electrons. The number of nitrogens with one attached hydrogen (secondary N) is 2. The number of hydrogen-bond donors (Lipinski definition) is 2. The molecule has 0 fully saturated rings. The Morgan fingerprint density at radius 2 is 1.65 bits per heavy atom. The average molecular weight is 289 g/mol. The van der Waals surface area contributed by atoms with Gasteiger partial charge in [0.15, 0.2) is 0 Å². The number of halogens is 1. The van der Waals surface area contributed by atoms with Crippen molar-refractivity contribution < 1.29 is 4.79 Å². The molecular weight excluding hydrogens is 272 g/mol. The first-order valence-electron chi connectivity index (χ1n) is 6.38. The third-order valence-corrected chi connectivity index (χ3v) is 3.52. The molecule has 0 unspecified atom stereocenters. The van der Waals surface area contributed by atoms with E-state index < -0.39 is 0 Å². The Balaban J connectivity index is 2.11. The van der Waals surface area contributed by atoms with Gasteiger partial charge in [-0.3, -0.25) is 0 Å². The maximum absolute atomic E-state index is 12.0. The van der Waals surface area contributed by atoms with Gasteiger partial charge in [0.2, 0.25) is 0 Å². The lowest BCUT2D eigenvalue weighted by Crippen LogP contribution is -2.20. The van der Waals surface area contributed by atoms with E-state index in [0.29, 0.717) is 5.02 Å². The lowest BCUT2D eigenvalue weighted by molar-refractivity contribution is 0.262. The Labute approximate surface area is 124 Å². The summed E-state index contributed by atoms with van der Waals surface area (Å²) in [7, 11) is 0. The molecule has 0 saturated heterocycles. The summed E-state index contributed by atoms with van der Waals surface area (Å²) in [4.78, 5) is 12.0. The second-order valence-electron chi connectivity index (χ2n) is 4.79. The molecule has 0 aliphatic rings. The van der Waals surface area contributed by atoms with Crippen LogP contribution in [0.15, 0.2) is 36.4 Å². The quantitative estimate of drug-likeness (QED) is 0.810. The number of carbonyl (C=O) groups excluding carboxylic acids is 1. The molecule has 0 aliphatic carbocycles. The van der Waals surface area contributed by atoms with E-state index in [0.717, 1.165) is 28.1 Å². The van der Waals surface area contributed by atoms with Crippen molar-refractivity contribution in [3.8, 4) is 0 Å². The number of aryl methyl sites for hydroxylation is 2. The van der Waals surface area contributed by atoms with Gasteiger partial charge >= 0.3 is 6.03 Å². The maximum atomic E-state index is 12.0. The number of carbonyl (C=O) groups is 1. The van der Waals surface area contributed by atoms with Gasteiger partial charge in [0.05, 0.1) is 0 Å². The fraction of sp³-hybridized carbons (Fsp3) is 0.188. The number of rotatable bonds is 2. The van der Waals surface area contributed by atoms with Crippen LogP contribution in [0.2, 0.25) is 5.02 Å². The van der Waals surface area contributed by atoms with Crippen LogP contribution in [0.25, 0.3) is 0 Å². The van der Waals surface area contributed by atoms with Crippen LogP contribution in [0.1, 0.15) is 16.7 Å². The second kappa shape index (κ2) is 5.97. The summed E-state index contributed by atoms with van der Waals surface area (Å²) in [5.74, 6) is 0. The molecule has 0 aliphatic heterocycles. The molecule has 0 bridgehead atoms. The number of benzene rings is 2. The molecule has 2 aromatic carbocycles. The predicted octanol–water partition coefficient (Wildman–Crippen LogP) is 4.91. The van der Waals surface area contributed by atoms with Crippen LogP contribution in [0, 0.1) is 20.8 Å². The Bertz CT molecular complexity index is 653. The summed E-state index contributed by atoms with van der Waals surface area (Å²) < 4.78 is 0. The zero-order chi connectivity index (χ0) is 14.7. The third kappa shape index (κ3) is 3.31. The fourth-order valence-electron chi connectivity index (χ4n) is 1.93. The Hall–Kier alpha value is -2.00. The van der Waals surface area contributed by atoms with Crippen molar-refractivity contribution in [3.63, 3.8) is 0 Å². The normalized spacial score (nSPS) is 10.2. The third-order valence-electron chi connectivity index (χ3n) is 3.29. The number of anilines is 2. The highest BCUT2D eigenvalue weighted by Gasteiger charge is 2.07. The van der Waals surface area contributed by atoms with Crippen LogP contribution < -0.4 is 10.6 Å². The number of amides is 2. The molecule has 0 heterocycles. The average Bonchev–Trinajstić information content (AvgIpc) is 2.38. The second-order valence-corrected chi connectivity index (χ2v) is 5.22. The molecule has 4 heteroatoms. The summed E-state index contributed by atoms with van der Waals surface area (Å²) in [6, 6.07) is 10.9. The van der Waals surface area contributed by atoms with Crippen LogP contribution in [-0.2, 0) is 0 Å². The van der Waals surface area contributed by atoms with Crippen LogP contribution in [0.5, 0.6) is 0 Å². The first-order chi connectivity index (χ1) is 9.47. The summed E-state index contributed by atoms with van der Waals surface area (Å²) in [5, 5.41) is 6.34. The number of hydrogen-bond acceptors (Lipinski definition) is 1. The first kappa shape index (κ1) is 14.4. The monoisotopic (exact) mass is 288 g/mol. The van der Waals surface area contributed by atoms with Crippen molar-refractivity contribution in [2.75, 3.05) is 10.6 Å². The molecular formula is C16H17ClN2O. The van der Waals surface area contributed by atoms with Crippen LogP contribution in [0.3, 0.4) is 0 Å². The zero-order valence-corrected chi connectivity index (χ0v) is 12.5. The molecule has 0 aromatic heterocycles. The molecule has 104 valence electrons. The lowest BCUT2D eigenvalue weighted by Gasteiger charge is -2.12. The van der Waals surface area contributed by atoms with E-state index in [1.807, 2.05) is 45.0 Å². The summed E-state index contributed by atoms with van der Waals surface area (Å²) in [6.45, 7) is 5.90. The van der Waals surface area contributed by atoms with Crippen molar-refractivity contribution in [2.45, 2.75) is 20.8 Å². The summed E-state index contributed by atoms with van der Waals surface area (Å²) in [5.41, 5.74) is 4.70. The van der Waals surface area contributed by atoms with Crippen molar-refractivity contribution in [2.24, 2.45) is 0 Å². The van der Waals surface area contributed by atoms with E-state index >= 15 is 0 Å². The van der Waals surface area contributed by atoms with E-state index in [9.17, 15) is 4.79 Å². The molecule has 3 nitrogen and oxygen atoms in total. The molecule has 0 atom stereocenters. The molecule has 0 spiro atoms. The molecule has 2 N–H and O–H groups in total. The Morgan fingerprint density at radius 3 is 2.35 bits per heavy atom. The van der Waals surface area contributed by atoms with Gasteiger partial charge in [-0.25, -0.2) is 4.79 Å². The van der Waals surface area contributed by atoms with Gasteiger partial charge in [0, 0.05) is 16.4 Å². The minimum Gasteiger partial charge on any atom is -0.307 e. The van der Waals surface area contributed by atoms with Crippen molar-refractivity contribution in [1.82, 2.24) is 0 Å². The molecule has 2 aromatic rings. The van der Waals surface area contributed by atoms with Crippen LogP contribution >= 0.6 is 11.6 Å². The first-order valence-corrected chi connectivity index (χ1v) is 6.75. The Kier molecular flexibility index (Phi) is 4.30. The smallest absolute Gasteiger partial charge is 0.307 e. The van der Waals surface area contributed by atoms with Crippen molar-refractivity contribution >= 4 is 29.0 Å². The van der Waals surface area contributed by atoms with Crippen LogP contribution in [0.4, 0.5) is 16.2 Å². The summed E-state index contributed by atoms with van der Waals surface area (Å²) >= 11 is 5.89. The summed E-state index contributed by atoms with van der Waals surface area (Å²) in [6.07, 6.45) is 0.